The number of esters is 1. The number of rotatable bonds is 2. The summed E-state index contributed by atoms with van der Waals surface area (Å²) in [5, 5.41) is 0. The Morgan fingerprint density at radius 2 is 2.24 bits per heavy atom. The van der Waals surface area contributed by atoms with Gasteiger partial charge in [0.25, 0.3) is 0 Å². The average molecular weight is 234 g/mol. The summed E-state index contributed by atoms with van der Waals surface area (Å²) in [6.07, 6.45) is 4.59. The summed E-state index contributed by atoms with van der Waals surface area (Å²) in [6, 6.07) is 3.75. The second kappa shape index (κ2) is 4.40. The van der Waals surface area contributed by atoms with Crippen molar-refractivity contribution in [1.82, 2.24) is 0 Å². The number of ether oxygens (including phenoxy) is 1. The van der Waals surface area contributed by atoms with E-state index in [-0.39, 0.29) is 11.4 Å². The highest BCUT2D eigenvalue weighted by Crippen LogP contribution is 2.44. The molecule has 0 saturated carbocycles. The molecule has 3 nitrogen and oxygen atoms in total. The Bertz CT molecular complexity index is 438. The molecular formula is C14H18O3. The first-order valence-corrected chi connectivity index (χ1v) is 5.92. The summed E-state index contributed by atoms with van der Waals surface area (Å²) in [4.78, 5) is 12.0. The number of furan rings is 1. The van der Waals surface area contributed by atoms with Crippen LogP contribution in [0, 0.1) is 5.41 Å². The Morgan fingerprint density at radius 1 is 1.47 bits per heavy atom. The molecule has 2 rings (SSSR count). The quantitative estimate of drug-likeness (QED) is 0.736. The highest BCUT2D eigenvalue weighted by Gasteiger charge is 2.36. The van der Waals surface area contributed by atoms with E-state index in [1.165, 1.54) is 7.11 Å². The van der Waals surface area contributed by atoms with Gasteiger partial charge in [0.15, 0.2) is 0 Å². The van der Waals surface area contributed by atoms with E-state index in [2.05, 4.69) is 13.8 Å². The summed E-state index contributed by atoms with van der Waals surface area (Å²) < 4.78 is 10.3. The Balaban J connectivity index is 2.55. The maximum absolute atomic E-state index is 12.0. The predicted molar refractivity (Wildman–Crippen MR) is 65.3 cm³/mol. The number of allylic oxidation sites excluding steroid dienone is 1. The van der Waals surface area contributed by atoms with Gasteiger partial charge in [0, 0.05) is 11.1 Å². The van der Waals surface area contributed by atoms with Crippen LogP contribution in [0.4, 0.5) is 0 Å². The van der Waals surface area contributed by atoms with Crippen LogP contribution < -0.4 is 0 Å². The molecule has 1 aliphatic carbocycles. The highest BCUT2D eigenvalue weighted by atomic mass is 16.5. The first-order valence-electron chi connectivity index (χ1n) is 5.92. The van der Waals surface area contributed by atoms with E-state index in [0.717, 1.165) is 36.2 Å². The lowest BCUT2D eigenvalue weighted by molar-refractivity contribution is -0.137. The minimum atomic E-state index is -0.235. The van der Waals surface area contributed by atoms with Crippen molar-refractivity contribution >= 4 is 11.5 Å². The fraction of sp³-hybridized carbons (Fsp3) is 0.500. The molecule has 1 aliphatic rings. The van der Waals surface area contributed by atoms with Gasteiger partial charge in [-0.25, -0.2) is 4.79 Å². The van der Waals surface area contributed by atoms with Crippen molar-refractivity contribution in [3.05, 3.63) is 29.7 Å². The third-order valence-electron chi connectivity index (χ3n) is 3.42. The van der Waals surface area contributed by atoms with Crippen LogP contribution in [0.3, 0.4) is 0 Å². The van der Waals surface area contributed by atoms with Gasteiger partial charge in [-0.1, -0.05) is 13.8 Å². The van der Waals surface area contributed by atoms with E-state index in [1.807, 2.05) is 12.1 Å². The Hall–Kier alpha value is -1.51. The summed E-state index contributed by atoms with van der Waals surface area (Å²) in [5.74, 6) is 0.555. The molecule has 0 radical (unpaired) electrons. The third kappa shape index (κ3) is 2.14. The van der Waals surface area contributed by atoms with Gasteiger partial charge in [-0.3, -0.25) is 0 Å². The van der Waals surface area contributed by atoms with Gasteiger partial charge in [0.2, 0.25) is 0 Å². The number of hydrogen-bond acceptors (Lipinski definition) is 3. The molecule has 0 unspecified atom stereocenters. The first kappa shape index (κ1) is 12.0. The zero-order valence-electron chi connectivity index (χ0n) is 10.6. The average Bonchev–Trinajstić information content (AvgIpc) is 2.80. The van der Waals surface area contributed by atoms with E-state index in [0.29, 0.717) is 0 Å². The molecule has 3 heteroatoms. The zero-order chi connectivity index (χ0) is 12.5. The van der Waals surface area contributed by atoms with Gasteiger partial charge in [-0.2, -0.15) is 0 Å². The predicted octanol–water partition coefficient (Wildman–Crippen LogP) is 3.42. The molecular weight excluding hydrogens is 216 g/mol. The third-order valence-corrected chi connectivity index (χ3v) is 3.42. The van der Waals surface area contributed by atoms with Crippen LogP contribution in [0.2, 0.25) is 0 Å². The van der Waals surface area contributed by atoms with Crippen molar-refractivity contribution in [3.8, 4) is 0 Å². The molecule has 1 aromatic rings. The van der Waals surface area contributed by atoms with Gasteiger partial charge in [-0.15, -0.1) is 0 Å². The molecule has 92 valence electrons. The molecule has 0 bridgehead atoms. The molecule has 0 spiro atoms. The van der Waals surface area contributed by atoms with Crippen molar-refractivity contribution in [1.29, 1.82) is 0 Å². The maximum atomic E-state index is 12.0. The second-order valence-electron chi connectivity index (χ2n) is 5.06. The van der Waals surface area contributed by atoms with Crippen molar-refractivity contribution < 1.29 is 13.9 Å². The van der Waals surface area contributed by atoms with E-state index in [4.69, 9.17) is 9.15 Å². The van der Waals surface area contributed by atoms with Gasteiger partial charge in [0.05, 0.1) is 13.4 Å². The lowest BCUT2D eigenvalue weighted by Gasteiger charge is -2.32. The molecule has 1 aromatic heterocycles. The molecule has 0 amide bonds. The lowest BCUT2D eigenvalue weighted by atomic mass is 9.72. The van der Waals surface area contributed by atoms with Gasteiger partial charge in [0.1, 0.15) is 5.76 Å². The number of carbonyl (C=O) groups excluding carboxylic acids is 1. The van der Waals surface area contributed by atoms with E-state index >= 15 is 0 Å². The minimum absolute atomic E-state index is 0.145. The van der Waals surface area contributed by atoms with Crippen LogP contribution in [0.1, 0.15) is 38.9 Å². The van der Waals surface area contributed by atoms with Gasteiger partial charge in [-0.05, 0) is 36.8 Å². The smallest absolute Gasteiger partial charge is 0.334 e. The largest absolute Gasteiger partial charge is 0.466 e. The Kier molecular flexibility index (Phi) is 3.09. The number of methoxy groups -OCH3 is 1. The van der Waals surface area contributed by atoms with E-state index < -0.39 is 0 Å². The fourth-order valence-corrected chi connectivity index (χ4v) is 2.56. The van der Waals surface area contributed by atoms with E-state index in [9.17, 15) is 4.79 Å². The number of hydrogen-bond donors (Lipinski definition) is 0. The molecule has 1 heterocycles. The maximum Gasteiger partial charge on any atom is 0.334 e. The molecule has 0 aromatic carbocycles. The molecule has 0 saturated heterocycles. The zero-order valence-corrected chi connectivity index (χ0v) is 10.6. The summed E-state index contributed by atoms with van der Waals surface area (Å²) in [7, 11) is 1.43. The summed E-state index contributed by atoms with van der Waals surface area (Å²) in [6.45, 7) is 4.17. The van der Waals surface area contributed by atoms with Crippen LogP contribution in [0.25, 0.3) is 5.57 Å². The van der Waals surface area contributed by atoms with Gasteiger partial charge >= 0.3 is 5.97 Å². The molecule has 0 atom stereocenters. The summed E-state index contributed by atoms with van der Waals surface area (Å²) >= 11 is 0. The second-order valence-corrected chi connectivity index (χ2v) is 5.06. The Labute approximate surface area is 101 Å². The molecule has 17 heavy (non-hydrogen) atoms. The van der Waals surface area contributed by atoms with Crippen molar-refractivity contribution in [2.24, 2.45) is 5.41 Å². The molecule has 0 fully saturated rings. The fourth-order valence-electron chi connectivity index (χ4n) is 2.56. The van der Waals surface area contributed by atoms with Crippen LogP contribution in [-0.2, 0) is 9.53 Å². The monoisotopic (exact) mass is 234 g/mol. The number of carbonyl (C=O) groups is 1. The lowest BCUT2D eigenvalue weighted by Crippen LogP contribution is -2.27. The summed E-state index contributed by atoms with van der Waals surface area (Å²) in [5.41, 5.74) is 1.62. The standard InChI is InChI=1S/C14H18O3/c1-14(2)8-4-6-10(11-7-5-9-17-11)12(14)13(15)16-3/h5,7,9H,4,6,8H2,1-3H3. The van der Waals surface area contributed by atoms with Crippen molar-refractivity contribution in [2.45, 2.75) is 33.1 Å². The minimum Gasteiger partial charge on any atom is -0.466 e. The normalized spacial score (nSPS) is 19.2. The Morgan fingerprint density at radius 3 is 2.82 bits per heavy atom. The van der Waals surface area contributed by atoms with Crippen molar-refractivity contribution in [3.63, 3.8) is 0 Å². The topological polar surface area (TPSA) is 39.4 Å². The highest BCUT2D eigenvalue weighted by molar-refractivity contribution is 5.98. The van der Waals surface area contributed by atoms with Crippen LogP contribution in [0.15, 0.2) is 28.4 Å². The van der Waals surface area contributed by atoms with E-state index in [1.54, 1.807) is 6.26 Å². The van der Waals surface area contributed by atoms with Crippen LogP contribution in [-0.4, -0.2) is 13.1 Å². The molecule has 0 aliphatic heterocycles. The van der Waals surface area contributed by atoms with Gasteiger partial charge < -0.3 is 9.15 Å². The molecule has 0 N–H and O–H groups in total. The van der Waals surface area contributed by atoms with Crippen molar-refractivity contribution in [2.75, 3.05) is 7.11 Å². The van der Waals surface area contributed by atoms with Crippen LogP contribution in [0.5, 0.6) is 0 Å². The first-order chi connectivity index (χ1) is 8.06. The van der Waals surface area contributed by atoms with Crippen LogP contribution >= 0.6 is 0 Å². The SMILES string of the molecule is COC(=O)C1=C(c2ccco2)CCCC1(C)C.